The van der Waals surface area contributed by atoms with Crippen molar-refractivity contribution in [2.24, 2.45) is 22.7 Å². The largest absolute Gasteiger partial charge is 0.358 e. The highest BCUT2D eigenvalue weighted by Gasteiger charge is 2.40. The molecular weight excluding hydrogens is 289 g/mol. The maximum absolute atomic E-state index is 13.8. The van der Waals surface area contributed by atoms with Gasteiger partial charge in [0.1, 0.15) is 6.17 Å². The number of rotatable bonds is 2. The Morgan fingerprint density at radius 3 is 2.86 bits per heavy atom. The highest BCUT2D eigenvalue weighted by atomic mass is 35.5. The van der Waals surface area contributed by atoms with E-state index in [1.807, 2.05) is 0 Å². The number of hydrogen-bond donors (Lipinski definition) is 2. The highest BCUT2D eigenvalue weighted by Crippen LogP contribution is 2.38. The summed E-state index contributed by atoms with van der Waals surface area (Å²) in [5.41, 5.74) is 0. The van der Waals surface area contributed by atoms with Gasteiger partial charge < -0.3 is 10.6 Å². The molecule has 2 N–H and O–H groups in total. The zero-order valence-corrected chi connectivity index (χ0v) is 13.6. The quantitative estimate of drug-likeness (QED) is 0.768. The lowest BCUT2D eigenvalue weighted by Crippen LogP contribution is -2.56. The molecule has 3 nitrogen and oxygen atoms in total. The Kier molecular flexibility index (Phi) is 5.05. The van der Waals surface area contributed by atoms with Crippen LogP contribution < -0.4 is 10.6 Å². The molecule has 2 fully saturated rings. The molecule has 120 valence electrons. The number of alkyl halides is 1. The minimum atomic E-state index is -0.599. The molecule has 2 aliphatic heterocycles. The van der Waals surface area contributed by atoms with Gasteiger partial charge >= 0.3 is 0 Å². The zero-order chi connectivity index (χ0) is 14.8. The number of piperidine rings is 1. The summed E-state index contributed by atoms with van der Waals surface area (Å²) in [6.45, 7) is 3.99. The third kappa shape index (κ3) is 3.53. The van der Waals surface area contributed by atoms with Crippen molar-refractivity contribution in [3.8, 4) is 0 Å². The Hall–Kier alpha value is -0.350. The van der Waals surface area contributed by atoms with E-state index >= 15 is 0 Å². The Balaban J connectivity index is 1.68. The molecule has 2 heterocycles. The Morgan fingerprint density at radius 2 is 2.10 bits per heavy atom. The van der Waals surface area contributed by atoms with Crippen LogP contribution in [0.5, 0.6) is 0 Å². The summed E-state index contributed by atoms with van der Waals surface area (Å²) in [5.74, 6) is 1.41. The van der Waals surface area contributed by atoms with Gasteiger partial charge in [0.2, 0.25) is 0 Å². The van der Waals surface area contributed by atoms with Crippen LogP contribution >= 0.6 is 11.6 Å². The van der Waals surface area contributed by atoms with E-state index in [4.69, 9.17) is 11.6 Å². The summed E-state index contributed by atoms with van der Waals surface area (Å²) >= 11 is 6.08. The van der Waals surface area contributed by atoms with Gasteiger partial charge in [-0.25, -0.2) is 4.39 Å². The monoisotopic (exact) mass is 315 g/mol. The van der Waals surface area contributed by atoms with E-state index in [9.17, 15) is 4.39 Å². The summed E-state index contributed by atoms with van der Waals surface area (Å²) in [6.07, 6.45) is 5.70. The molecule has 0 aromatic heterocycles. The lowest BCUT2D eigenvalue weighted by atomic mass is 9.70. The predicted octanol–water partition coefficient (Wildman–Crippen LogP) is 3.09. The van der Waals surface area contributed by atoms with Gasteiger partial charge in [0.05, 0.1) is 0 Å². The summed E-state index contributed by atoms with van der Waals surface area (Å²) in [5, 5.41) is 7.68. The van der Waals surface area contributed by atoms with Gasteiger partial charge in [-0.2, -0.15) is 0 Å². The summed E-state index contributed by atoms with van der Waals surface area (Å²) in [6, 6.07) is 0.931. The number of halogens is 2. The average Bonchev–Trinajstić information content (AvgIpc) is 2.50. The molecule has 1 saturated carbocycles. The standard InChI is InChI=1S/C16H27ClFN3/c1-10-9-11(4-5-13(10)18)15-12(3-2-7-19-15)14-6-8-20-16(17)21-14/h10-15,19H,2-9H2,1H3,(H,20,21). The fraction of sp³-hybridized carbons (Fsp3) is 0.938. The molecule has 21 heavy (non-hydrogen) atoms. The number of aliphatic imine (C=N–C) groups is 1. The molecular formula is C16H27ClFN3. The summed E-state index contributed by atoms with van der Waals surface area (Å²) < 4.78 is 13.8. The van der Waals surface area contributed by atoms with Crippen molar-refractivity contribution in [3.05, 3.63) is 0 Å². The molecule has 0 aromatic carbocycles. The number of nitrogens with zero attached hydrogens (tertiary/aromatic N) is 1. The van der Waals surface area contributed by atoms with Gasteiger partial charge in [-0.1, -0.05) is 6.92 Å². The second-order valence-electron chi connectivity index (χ2n) is 7.06. The molecule has 0 amide bonds. The maximum atomic E-state index is 13.8. The first kappa shape index (κ1) is 15.5. The van der Waals surface area contributed by atoms with Gasteiger partial charge in [-0.3, -0.25) is 4.99 Å². The zero-order valence-electron chi connectivity index (χ0n) is 12.8. The molecule has 1 aliphatic carbocycles. The summed E-state index contributed by atoms with van der Waals surface area (Å²) in [4.78, 5) is 4.24. The Labute approximate surface area is 132 Å². The minimum Gasteiger partial charge on any atom is -0.358 e. The van der Waals surface area contributed by atoms with Crippen LogP contribution in [0, 0.1) is 17.8 Å². The average molecular weight is 316 g/mol. The molecule has 6 atom stereocenters. The van der Waals surface area contributed by atoms with E-state index in [0.29, 0.717) is 29.2 Å². The normalized spacial score (nSPS) is 44.8. The minimum absolute atomic E-state index is 0.206. The number of hydrogen-bond acceptors (Lipinski definition) is 3. The number of nitrogens with one attached hydrogen (secondary N) is 2. The van der Waals surface area contributed by atoms with E-state index < -0.39 is 6.17 Å². The van der Waals surface area contributed by atoms with Gasteiger partial charge in [-0.15, -0.1) is 0 Å². The smallest absolute Gasteiger partial charge is 0.191 e. The van der Waals surface area contributed by atoms with Crippen LogP contribution in [0.25, 0.3) is 0 Å². The highest BCUT2D eigenvalue weighted by molar-refractivity contribution is 6.64. The molecule has 6 unspecified atom stereocenters. The van der Waals surface area contributed by atoms with Crippen LogP contribution in [0.3, 0.4) is 0 Å². The molecule has 0 aromatic rings. The molecule has 0 radical (unpaired) electrons. The lowest BCUT2D eigenvalue weighted by Gasteiger charge is -2.45. The molecule has 1 saturated heterocycles. The predicted molar refractivity (Wildman–Crippen MR) is 85.6 cm³/mol. The fourth-order valence-corrected chi connectivity index (χ4v) is 4.75. The van der Waals surface area contributed by atoms with E-state index in [2.05, 4.69) is 22.5 Å². The van der Waals surface area contributed by atoms with Crippen LogP contribution in [-0.4, -0.2) is 36.6 Å². The van der Waals surface area contributed by atoms with E-state index in [1.54, 1.807) is 0 Å². The van der Waals surface area contributed by atoms with Crippen LogP contribution in [-0.2, 0) is 0 Å². The Bertz CT molecular complexity index is 390. The van der Waals surface area contributed by atoms with Gasteiger partial charge in [0, 0.05) is 18.6 Å². The SMILES string of the molecule is CC1CC(C2NCCCC2C2CCN=C(Cl)N2)CCC1F. The van der Waals surface area contributed by atoms with Crippen molar-refractivity contribution < 1.29 is 4.39 Å². The molecule has 0 bridgehead atoms. The molecule has 3 rings (SSSR count). The van der Waals surface area contributed by atoms with E-state index in [-0.39, 0.29) is 5.92 Å². The second kappa shape index (κ2) is 6.82. The van der Waals surface area contributed by atoms with Crippen molar-refractivity contribution >= 4 is 16.9 Å². The molecule has 3 aliphatic rings. The van der Waals surface area contributed by atoms with Crippen LogP contribution in [0.4, 0.5) is 4.39 Å². The molecule has 0 spiro atoms. The van der Waals surface area contributed by atoms with E-state index in [0.717, 1.165) is 38.8 Å². The van der Waals surface area contributed by atoms with Crippen molar-refractivity contribution in [1.29, 1.82) is 0 Å². The number of amidine groups is 1. The maximum Gasteiger partial charge on any atom is 0.191 e. The molecule has 5 heteroatoms. The van der Waals surface area contributed by atoms with Crippen molar-refractivity contribution in [2.45, 2.75) is 63.7 Å². The van der Waals surface area contributed by atoms with Crippen molar-refractivity contribution in [3.63, 3.8) is 0 Å². The topological polar surface area (TPSA) is 36.4 Å². The second-order valence-corrected chi connectivity index (χ2v) is 7.42. The first-order valence-electron chi connectivity index (χ1n) is 8.49. The third-order valence-corrected chi connectivity index (χ3v) is 5.91. The van der Waals surface area contributed by atoms with Crippen molar-refractivity contribution in [2.75, 3.05) is 13.1 Å². The van der Waals surface area contributed by atoms with Gasteiger partial charge in [0.25, 0.3) is 0 Å². The first-order valence-corrected chi connectivity index (χ1v) is 8.87. The Morgan fingerprint density at radius 1 is 1.24 bits per heavy atom. The van der Waals surface area contributed by atoms with Crippen LogP contribution in [0.1, 0.15) is 45.4 Å². The first-order chi connectivity index (χ1) is 10.1. The third-order valence-electron chi connectivity index (χ3n) is 5.68. The van der Waals surface area contributed by atoms with Gasteiger partial charge in [-0.05, 0) is 74.4 Å². The van der Waals surface area contributed by atoms with Gasteiger partial charge in [0.15, 0.2) is 5.29 Å². The van der Waals surface area contributed by atoms with E-state index in [1.165, 1.54) is 12.8 Å². The van der Waals surface area contributed by atoms with Crippen LogP contribution in [0.2, 0.25) is 0 Å². The van der Waals surface area contributed by atoms with Crippen LogP contribution in [0.15, 0.2) is 4.99 Å². The fourth-order valence-electron chi connectivity index (χ4n) is 4.53. The van der Waals surface area contributed by atoms with Crippen molar-refractivity contribution in [1.82, 2.24) is 10.6 Å². The lowest BCUT2D eigenvalue weighted by molar-refractivity contribution is 0.0813. The summed E-state index contributed by atoms with van der Waals surface area (Å²) in [7, 11) is 0.